The van der Waals surface area contributed by atoms with Gasteiger partial charge in [-0.25, -0.2) is 0 Å². The second-order valence-corrected chi connectivity index (χ2v) is 6.33. The largest absolute Gasteiger partial charge is 0.361 e. The fourth-order valence-corrected chi connectivity index (χ4v) is 3.09. The van der Waals surface area contributed by atoms with Gasteiger partial charge < -0.3 is 4.98 Å². The van der Waals surface area contributed by atoms with E-state index in [1.165, 1.54) is 0 Å². The lowest BCUT2D eigenvalue weighted by Gasteiger charge is -2.13. The Kier molecular flexibility index (Phi) is 3.98. The van der Waals surface area contributed by atoms with Crippen molar-refractivity contribution in [1.29, 1.82) is 0 Å². The summed E-state index contributed by atoms with van der Waals surface area (Å²) in [5.41, 5.74) is 4.05. The van der Waals surface area contributed by atoms with Gasteiger partial charge in [0.2, 0.25) is 6.54 Å². The minimum Gasteiger partial charge on any atom is -0.361 e. The number of nitro groups is 1. The highest BCUT2D eigenvalue weighted by Crippen LogP contribution is 2.32. The third-order valence-corrected chi connectivity index (χ3v) is 4.36. The van der Waals surface area contributed by atoms with Crippen LogP contribution in [0.3, 0.4) is 0 Å². The molecule has 5 heteroatoms. The lowest BCUT2D eigenvalue weighted by molar-refractivity contribution is -0.481. The number of nitrogens with one attached hydrogen (secondary N) is 1. The first-order valence-corrected chi connectivity index (χ1v) is 7.79. The van der Waals surface area contributed by atoms with Crippen LogP contribution in [0.25, 0.3) is 10.9 Å². The number of rotatable bonds is 4. The predicted octanol–water partition coefficient (Wildman–Crippen LogP) is 4.65. The molecule has 0 spiro atoms. The maximum atomic E-state index is 11.1. The Labute approximate surface area is 136 Å². The molecule has 0 radical (unpaired) electrons. The van der Waals surface area contributed by atoms with E-state index in [2.05, 4.69) is 20.9 Å². The minimum atomic E-state index is -0.265. The maximum absolute atomic E-state index is 11.1. The Morgan fingerprint density at radius 1 is 1.23 bits per heavy atom. The molecule has 0 aliphatic carbocycles. The molecule has 2 aromatic carbocycles. The summed E-state index contributed by atoms with van der Waals surface area (Å²) in [7, 11) is 0. The van der Waals surface area contributed by atoms with Crippen LogP contribution in [0.2, 0.25) is 0 Å². The minimum absolute atomic E-state index is 0.122. The van der Waals surface area contributed by atoms with Gasteiger partial charge in [0.15, 0.2) is 0 Å². The molecule has 0 fully saturated rings. The Bertz CT molecular complexity index is 824. The van der Waals surface area contributed by atoms with Gasteiger partial charge in [-0.05, 0) is 36.2 Å². The van der Waals surface area contributed by atoms with Crippen molar-refractivity contribution in [1.82, 2.24) is 4.98 Å². The van der Waals surface area contributed by atoms with E-state index in [0.717, 1.165) is 32.1 Å². The first kappa shape index (κ1) is 14.8. The van der Waals surface area contributed by atoms with Crippen LogP contribution >= 0.6 is 15.9 Å². The summed E-state index contributed by atoms with van der Waals surface area (Å²) in [5.74, 6) is -0.265. The zero-order valence-corrected chi connectivity index (χ0v) is 13.6. The van der Waals surface area contributed by atoms with Gasteiger partial charge >= 0.3 is 0 Å². The predicted molar refractivity (Wildman–Crippen MR) is 90.9 cm³/mol. The van der Waals surface area contributed by atoms with E-state index in [0.29, 0.717) is 0 Å². The van der Waals surface area contributed by atoms with Gasteiger partial charge in [0.05, 0.1) is 5.92 Å². The van der Waals surface area contributed by atoms with Gasteiger partial charge in [-0.15, -0.1) is 0 Å². The topological polar surface area (TPSA) is 58.9 Å². The summed E-state index contributed by atoms with van der Waals surface area (Å²) in [6.45, 7) is 1.89. The monoisotopic (exact) mass is 358 g/mol. The summed E-state index contributed by atoms with van der Waals surface area (Å²) < 4.78 is 0.963. The van der Waals surface area contributed by atoms with Gasteiger partial charge in [-0.2, -0.15) is 0 Å². The van der Waals surface area contributed by atoms with E-state index < -0.39 is 0 Å². The van der Waals surface area contributed by atoms with Gasteiger partial charge in [0, 0.05) is 26.5 Å². The number of aromatic nitrogens is 1. The summed E-state index contributed by atoms with van der Waals surface area (Å²) in [5, 5.41) is 12.1. The van der Waals surface area contributed by atoms with Crippen molar-refractivity contribution >= 4 is 26.8 Å². The number of halogens is 1. The van der Waals surface area contributed by atoms with Crippen LogP contribution in [-0.4, -0.2) is 16.5 Å². The third-order valence-electron chi connectivity index (χ3n) is 3.86. The molecule has 0 unspecified atom stereocenters. The normalized spacial score (nSPS) is 12.5. The molecule has 1 atom stereocenters. The van der Waals surface area contributed by atoms with Gasteiger partial charge in [0.1, 0.15) is 0 Å². The molecule has 22 heavy (non-hydrogen) atoms. The number of H-pyrrole nitrogens is 1. The number of fused-ring (bicyclic) bond motifs is 1. The highest BCUT2D eigenvalue weighted by molar-refractivity contribution is 9.10. The first-order valence-electron chi connectivity index (χ1n) is 6.99. The second-order valence-electron chi connectivity index (χ2n) is 5.41. The molecule has 4 nitrogen and oxygen atoms in total. The fraction of sp³-hybridized carbons (Fsp3) is 0.176. The van der Waals surface area contributed by atoms with Crippen LogP contribution in [0.4, 0.5) is 0 Å². The van der Waals surface area contributed by atoms with Crippen molar-refractivity contribution < 1.29 is 4.92 Å². The van der Waals surface area contributed by atoms with E-state index in [1.54, 1.807) is 0 Å². The zero-order valence-electron chi connectivity index (χ0n) is 12.0. The molecular weight excluding hydrogens is 344 g/mol. The molecule has 0 saturated heterocycles. The van der Waals surface area contributed by atoms with Crippen molar-refractivity contribution in [2.24, 2.45) is 0 Å². The number of nitrogens with zero attached hydrogens (tertiary/aromatic N) is 1. The van der Waals surface area contributed by atoms with Crippen LogP contribution in [-0.2, 0) is 0 Å². The van der Waals surface area contributed by atoms with Crippen LogP contribution in [0.15, 0.2) is 53.1 Å². The Morgan fingerprint density at radius 3 is 2.64 bits per heavy atom. The van der Waals surface area contributed by atoms with Crippen molar-refractivity contribution in [3.8, 4) is 0 Å². The Hall–Kier alpha value is -2.14. The molecule has 1 heterocycles. The summed E-state index contributed by atoms with van der Waals surface area (Å²) in [6.07, 6.45) is 1.88. The molecule has 1 N–H and O–H groups in total. The first-order chi connectivity index (χ1) is 10.5. The zero-order chi connectivity index (χ0) is 15.7. The molecule has 0 amide bonds. The molecule has 0 aliphatic heterocycles. The molecule has 1 aromatic heterocycles. The molecular formula is C17H15BrN2O2. The van der Waals surface area contributed by atoms with Crippen LogP contribution in [0, 0.1) is 17.0 Å². The number of aryl methyl sites for hydroxylation is 1. The molecule has 0 bridgehead atoms. The summed E-state index contributed by atoms with van der Waals surface area (Å²) in [4.78, 5) is 14.1. The van der Waals surface area contributed by atoms with Crippen LogP contribution in [0.1, 0.15) is 22.6 Å². The van der Waals surface area contributed by atoms with E-state index in [4.69, 9.17) is 0 Å². The average molecular weight is 359 g/mol. The van der Waals surface area contributed by atoms with Crippen LogP contribution in [0.5, 0.6) is 0 Å². The highest BCUT2D eigenvalue weighted by Gasteiger charge is 2.23. The lowest BCUT2D eigenvalue weighted by atomic mass is 9.90. The molecule has 3 aromatic rings. The van der Waals surface area contributed by atoms with E-state index in [1.807, 2.05) is 55.6 Å². The Balaban J connectivity index is 2.13. The number of hydrogen-bond donors (Lipinski definition) is 1. The van der Waals surface area contributed by atoms with Gasteiger partial charge in [-0.3, -0.25) is 10.1 Å². The summed E-state index contributed by atoms with van der Waals surface area (Å²) in [6, 6.07) is 13.9. The number of benzene rings is 2. The quantitative estimate of drug-likeness (QED) is 0.545. The lowest BCUT2D eigenvalue weighted by Crippen LogP contribution is -2.13. The number of hydrogen-bond acceptors (Lipinski definition) is 2. The molecule has 112 valence electrons. The van der Waals surface area contributed by atoms with E-state index >= 15 is 0 Å². The highest BCUT2D eigenvalue weighted by atomic mass is 79.9. The Morgan fingerprint density at radius 2 is 1.95 bits per heavy atom. The smallest absolute Gasteiger partial charge is 0.214 e. The van der Waals surface area contributed by atoms with E-state index in [9.17, 15) is 10.1 Å². The van der Waals surface area contributed by atoms with Crippen molar-refractivity contribution in [3.05, 3.63) is 79.9 Å². The van der Waals surface area contributed by atoms with Crippen LogP contribution < -0.4 is 0 Å². The summed E-state index contributed by atoms with van der Waals surface area (Å²) >= 11 is 3.47. The van der Waals surface area contributed by atoms with Crippen molar-refractivity contribution in [2.45, 2.75) is 12.8 Å². The fourth-order valence-electron chi connectivity index (χ4n) is 2.73. The molecule has 3 rings (SSSR count). The van der Waals surface area contributed by atoms with Gasteiger partial charge in [-0.1, -0.05) is 45.8 Å². The third kappa shape index (κ3) is 2.90. The standard InChI is InChI=1S/C17H15BrN2O2/c1-11-2-4-12(5-3-11)16(10-20(21)22)15-9-19-17-7-6-13(18)8-14(15)17/h2-9,16,19H,10H2,1H3/t16-/m0/s1. The maximum Gasteiger partial charge on any atom is 0.214 e. The SMILES string of the molecule is Cc1ccc([C@H](C[N+](=O)[O-])c2c[nH]c3ccc(Br)cc23)cc1. The second kappa shape index (κ2) is 5.93. The van der Waals surface area contributed by atoms with Crippen molar-refractivity contribution in [2.75, 3.05) is 6.54 Å². The van der Waals surface area contributed by atoms with Gasteiger partial charge in [0.25, 0.3) is 0 Å². The number of aromatic amines is 1. The molecule has 0 aliphatic rings. The van der Waals surface area contributed by atoms with E-state index in [-0.39, 0.29) is 17.4 Å². The molecule has 0 saturated carbocycles. The average Bonchev–Trinajstić information content (AvgIpc) is 2.88. The van der Waals surface area contributed by atoms with Crippen molar-refractivity contribution in [3.63, 3.8) is 0 Å².